The summed E-state index contributed by atoms with van der Waals surface area (Å²) in [6.45, 7) is 3.99. The lowest BCUT2D eigenvalue weighted by Gasteiger charge is -2.09. The summed E-state index contributed by atoms with van der Waals surface area (Å²) < 4.78 is 18.6. The number of carbonyl (C=O) groups is 2. The van der Waals surface area contributed by atoms with Crippen LogP contribution in [0.3, 0.4) is 0 Å². The summed E-state index contributed by atoms with van der Waals surface area (Å²) in [6, 6.07) is 5.72. The monoisotopic (exact) mass is 514 g/mol. The van der Waals surface area contributed by atoms with Gasteiger partial charge in [0.1, 0.15) is 27.0 Å². The van der Waals surface area contributed by atoms with Crippen molar-refractivity contribution in [3.8, 4) is 11.1 Å². The Kier molecular flexibility index (Phi) is 7.10. The summed E-state index contributed by atoms with van der Waals surface area (Å²) in [7, 11) is 3.73. The first-order valence-corrected chi connectivity index (χ1v) is 12.4. The molecule has 0 aliphatic carbocycles. The van der Waals surface area contributed by atoms with Crippen LogP contribution >= 0.6 is 22.7 Å². The Hall–Kier alpha value is -3.41. The highest BCUT2D eigenvalue weighted by atomic mass is 32.1. The number of halogens is 1. The van der Waals surface area contributed by atoms with Crippen LogP contribution in [0.15, 0.2) is 34.4 Å². The van der Waals surface area contributed by atoms with E-state index in [2.05, 4.69) is 15.3 Å². The van der Waals surface area contributed by atoms with Gasteiger partial charge in [0, 0.05) is 10.9 Å². The SMILES string of the molecule is CCOC(=O)c1c(-c2ccc(F)cc2)csc1NC(=O)c1sc2nc(CN(C)C)[nH]c(=O)c2c1C. The Balaban J connectivity index is 1.72. The molecule has 3 aromatic heterocycles. The molecule has 0 unspecified atom stereocenters. The number of ether oxygens (including phenoxy) is 1. The van der Waals surface area contributed by atoms with Gasteiger partial charge in [-0.2, -0.15) is 0 Å². The topological polar surface area (TPSA) is 104 Å². The number of anilines is 1. The highest BCUT2D eigenvalue weighted by Crippen LogP contribution is 2.37. The zero-order chi connectivity index (χ0) is 25.3. The molecular weight excluding hydrogens is 491 g/mol. The number of thiophene rings is 2. The average molecular weight is 515 g/mol. The van der Waals surface area contributed by atoms with Crippen molar-refractivity contribution in [1.82, 2.24) is 14.9 Å². The minimum Gasteiger partial charge on any atom is -0.462 e. The molecule has 1 amide bonds. The molecule has 0 fully saturated rings. The van der Waals surface area contributed by atoms with E-state index in [0.717, 1.165) is 11.3 Å². The highest BCUT2D eigenvalue weighted by Gasteiger charge is 2.25. The third-order valence-corrected chi connectivity index (χ3v) is 7.25. The maximum Gasteiger partial charge on any atom is 0.341 e. The van der Waals surface area contributed by atoms with E-state index in [0.29, 0.717) is 49.2 Å². The number of carbonyl (C=O) groups excluding carboxylic acids is 2. The molecule has 8 nitrogen and oxygen atoms in total. The van der Waals surface area contributed by atoms with E-state index in [9.17, 15) is 18.8 Å². The molecular formula is C24H23FN4O4S2. The number of hydrogen-bond acceptors (Lipinski definition) is 8. The Morgan fingerprint density at radius 3 is 2.60 bits per heavy atom. The van der Waals surface area contributed by atoms with Crippen LogP contribution in [-0.2, 0) is 11.3 Å². The summed E-state index contributed by atoms with van der Waals surface area (Å²) in [6.07, 6.45) is 0. The minimum absolute atomic E-state index is 0.157. The Bertz CT molecular complexity index is 1470. The van der Waals surface area contributed by atoms with Crippen molar-refractivity contribution in [3.63, 3.8) is 0 Å². The molecule has 35 heavy (non-hydrogen) atoms. The number of H-pyrrole nitrogens is 1. The second-order valence-electron chi connectivity index (χ2n) is 8.02. The molecule has 182 valence electrons. The van der Waals surface area contributed by atoms with Gasteiger partial charge in [0.05, 0.1) is 23.4 Å². The number of hydrogen-bond donors (Lipinski definition) is 2. The fourth-order valence-electron chi connectivity index (χ4n) is 3.64. The number of aromatic amines is 1. The molecule has 0 saturated heterocycles. The summed E-state index contributed by atoms with van der Waals surface area (Å²) in [5, 5.41) is 5.19. The molecule has 4 rings (SSSR count). The van der Waals surface area contributed by atoms with Gasteiger partial charge < -0.3 is 19.9 Å². The van der Waals surface area contributed by atoms with Crippen molar-refractivity contribution < 1.29 is 18.7 Å². The largest absolute Gasteiger partial charge is 0.462 e. The maximum atomic E-state index is 13.4. The number of amides is 1. The third-order valence-electron chi connectivity index (χ3n) is 5.17. The van der Waals surface area contributed by atoms with Crippen LogP contribution < -0.4 is 10.9 Å². The van der Waals surface area contributed by atoms with Crippen LogP contribution in [0, 0.1) is 12.7 Å². The lowest BCUT2D eigenvalue weighted by Crippen LogP contribution is -2.18. The van der Waals surface area contributed by atoms with Gasteiger partial charge in [0.25, 0.3) is 11.5 Å². The summed E-state index contributed by atoms with van der Waals surface area (Å²) in [4.78, 5) is 48.7. The van der Waals surface area contributed by atoms with Crippen LogP contribution in [-0.4, -0.2) is 47.4 Å². The lowest BCUT2D eigenvalue weighted by atomic mass is 10.0. The second-order valence-corrected chi connectivity index (χ2v) is 9.90. The number of nitrogens with zero attached hydrogens (tertiary/aromatic N) is 2. The number of fused-ring (bicyclic) bond motifs is 1. The van der Waals surface area contributed by atoms with E-state index < -0.39 is 17.7 Å². The first-order valence-electron chi connectivity index (χ1n) is 10.7. The third kappa shape index (κ3) is 5.02. The molecule has 4 aromatic rings. The number of benzene rings is 1. The van der Waals surface area contributed by atoms with Gasteiger partial charge in [-0.05, 0) is 51.2 Å². The minimum atomic E-state index is -0.595. The molecule has 0 saturated carbocycles. The molecule has 0 atom stereocenters. The molecule has 1 aromatic carbocycles. The van der Waals surface area contributed by atoms with E-state index in [1.54, 1.807) is 31.4 Å². The van der Waals surface area contributed by atoms with Gasteiger partial charge in [-0.1, -0.05) is 12.1 Å². The summed E-state index contributed by atoms with van der Waals surface area (Å²) in [5.74, 6) is -0.944. The van der Waals surface area contributed by atoms with Crippen LogP contribution in [0.2, 0.25) is 0 Å². The molecule has 0 aliphatic heterocycles. The van der Waals surface area contributed by atoms with Crippen molar-refractivity contribution in [2.45, 2.75) is 20.4 Å². The van der Waals surface area contributed by atoms with Gasteiger partial charge in [0.15, 0.2) is 0 Å². The standard InChI is InChI=1S/C24H23FN4O4S2/c1-5-33-24(32)18-15(13-6-8-14(25)9-7-13)11-34-22(18)28-21(31)19-12(2)17-20(30)26-16(10-29(3)4)27-23(17)35-19/h6-9,11H,5,10H2,1-4H3,(H,28,31)(H,26,27,30). The first kappa shape index (κ1) is 24.7. The number of nitrogens with one attached hydrogen (secondary N) is 2. The van der Waals surface area contributed by atoms with Crippen LogP contribution in [0.25, 0.3) is 21.3 Å². The number of rotatable bonds is 7. The normalized spacial score (nSPS) is 11.3. The van der Waals surface area contributed by atoms with Gasteiger partial charge >= 0.3 is 5.97 Å². The fraction of sp³-hybridized carbons (Fsp3) is 0.250. The average Bonchev–Trinajstić information content (AvgIpc) is 3.35. The lowest BCUT2D eigenvalue weighted by molar-refractivity contribution is 0.0529. The Morgan fingerprint density at radius 1 is 1.23 bits per heavy atom. The number of aryl methyl sites for hydroxylation is 1. The molecule has 0 bridgehead atoms. The molecule has 0 aliphatic rings. The van der Waals surface area contributed by atoms with Gasteiger partial charge in [-0.3, -0.25) is 9.59 Å². The zero-order valence-electron chi connectivity index (χ0n) is 19.5. The molecule has 0 radical (unpaired) electrons. The summed E-state index contributed by atoms with van der Waals surface area (Å²) >= 11 is 2.29. The smallest absolute Gasteiger partial charge is 0.341 e. The Labute approximate surface area is 208 Å². The van der Waals surface area contributed by atoms with E-state index >= 15 is 0 Å². The molecule has 11 heteroatoms. The van der Waals surface area contributed by atoms with Crippen LogP contribution in [0.1, 0.15) is 38.3 Å². The highest BCUT2D eigenvalue weighted by molar-refractivity contribution is 7.21. The van der Waals surface area contributed by atoms with Gasteiger partial charge in [-0.15, -0.1) is 22.7 Å². The number of esters is 1. The molecule has 3 heterocycles. The molecule has 0 spiro atoms. The fourth-order valence-corrected chi connectivity index (χ4v) is 5.69. The van der Waals surface area contributed by atoms with Crippen LogP contribution in [0.4, 0.5) is 9.39 Å². The zero-order valence-corrected chi connectivity index (χ0v) is 21.2. The van der Waals surface area contributed by atoms with E-state index in [-0.39, 0.29) is 17.7 Å². The van der Waals surface area contributed by atoms with Gasteiger partial charge in [-0.25, -0.2) is 14.2 Å². The van der Waals surface area contributed by atoms with Crippen molar-refractivity contribution in [2.24, 2.45) is 0 Å². The van der Waals surface area contributed by atoms with Crippen molar-refractivity contribution in [1.29, 1.82) is 0 Å². The van der Waals surface area contributed by atoms with Crippen molar-refractivity contribution in [3.05, 3.63) is 67.6 Å². The first-order chi connectivity index (χ1) is 16.7. The summed E-state index contributed by atoms with van der Waals surface area (Å²) in [5.41, 5.74) is 1.55. The van der Waals surface area contributed by atoms with Gasteiger partial charge in [0.2, 0.25) is 0 Å². The van der Waals surface area contributed by atoms with Crippen LogP contribution in [0.5, 0.6) is 0 Å². The van der Waals surface area contributed by atoms with E-state index in [4.69, 9.17) is 4.74 Å². The van der Waals surface area contributed by atoms with Crippen molar-refractivity contribution >= 4 is 49.8 Å². The predicted octanol–water partition coefficient (Wildman–Crippen LogP) is 4.65. The molecule has 2 N–H and O–H groups in total. The predicted molar refractivity (Wildman–Crippen MR) is 136 cm³/mol. The van der Waals surface area contributed by atoms with Crippen molar-refractivity contribution in [2.75, 3.05) is 26.0 Å². The van der Waals surface area contributed by atoms with E-state index in [1.807, 2.05) is 19.0 Å². The quantitative estimate of drug-likeness (QED) is 0.348. The maximum absolute atomic E-state index is 13.4. The Morgan fingerprint density at radius 2 is 1.94 bits per heavy atom. The number of aromatic nitrogens is 2. The second kappa shape index (κ2) is 10.1. The van der Waals surface area contributed by atoms with E-state index in [1.165, 1.54) is 23.5 Å².